The van der Waals surface area contributed by atoms with Gasteiger partial charge in [-0.2, -0.15) is 5.26 Å². The van der Waals surface area contributed by atoms with Crippen LogP contribution in [-0.4, -0.2) is 41.5 Å². The van der Waals surface area contributed by atoms with Gasteiger partial charge in [0.2, 0.25) is 5.91 Å². The number of ether oxygens (including phenoxy) is 1. The molecule has 0 saturated carbocycles. The van der Waals surface area contributed by atoms with Crippen molar-refractivity contribution in [2.45, 2.75) is 19.1 Å². The minimum Gasteiger partial charge on any atom is -0.370 e. The lowest BCUT2D eigenvalue weighted by Crippen LogP contribution is -2.49. The lowest BCUT2D eigenvalue weighted by Gasteiger charge is -2.38. The van der Waals surface area contributed by atoms with Crippen molar-refractivity contribution >= 4 is 29.3 Å². The van der Waals surface area contributed by atoms with Gasteiger partial charge in [-0.05, 0) is 24.6 Å². The molecule has 1 aromatic rings. The zero-order valence-corrected chi connectivity index (χ0v) is 13.4. The standard InChI is InChI=1S/C15H17ClN2O2S/c1-11-9-20-14(12-3-2-4-13(16)7-12)8-18(11)15(19)10-21-6-5-17/h2-4,7,11,14H,6,8-10H2,1H3/t11-,14+/m1/s1. The zero-order chi connectivity index (χ0) is 15.2. The molecule has 0 aromatic heterocycles. The summed E-state index contributed by atoms with van der Waals surface area (Å²) in [5.41, 5.74) is 0.983. The second-order valence-corrected chi connectivity index (χ2v) is 6.35. The van der Waals surface area contributed by atoms with Crippen molar-refractivity contribution in [1.29, 1.82) is 5.26 Å². The Morgan fingerprint density at radius 2 is 2.43 bits per heavy atom. The zero-order valence-electron chi connectivity index (χ0n) is 11.8. The van der Waals surface area contributed by atoms with Crippen molar-refractivity contribution in [2.24, 2.45) is 0 Å². The molecule has 2 rings (SSSR count). The summed E-state index contributed by atoms with van der Waals surface area (Å²) in [5, 5.41) is 9.19. The van der Waals surface area contributed by atoms with E-state index in [4.69, 9.17) is 21.6 Å². The van der Waals surface area contributed by atoms with Gasteiger partial charge in [-0.15, -0.1) is 11.8 Å². The summed E-state index contributed by atoms with van der Waals surface area (Å²) < 4.78 is 5.83. The highest BCUT2D eigenvalue weighted by molar-refractivity contribution is 8.00. The molecule has 112 valence electrons. The van der Waals surface area contributed by atoms with Gasteiger partial charge in [0.1, 0.15) is 6.10 Å². The number of hydrogen-bond donors (Lipinski definition) is 0. The molecule has 1 aromatic carbocycles. The van der Waals surface area contributed by atoms with Crippen LogP contribution in [0.2, 0.25) is 5.02 Å². The second-order valence-electron chi connectivity index (χ2n) is 4.92. The highest BCUT2D eigenvalue weighted by Crippen LogP contribution is 2.27. The van der Waals surface area contributed by atoms with Crippen LogP contribution in [-0.2, 0) is 9.53 Å². The molecule has 1 aliphatic rings. The van der Waals surface area contributed by atoms with E-state index in [2.05, 4.69) is 0 Å². The van der Waals surface area contributed by atoms with Crippen LogP contribution in [0.25, 0.3) is 0 Å². The molecule has 0 N–H and O–H groups in total. The summed E-state index contributed by atoms with van der Waals surface area (Å²) >= 11 is 7.35. The third-order valence-electron chi connectivity index (χ3n) is 3.37. The third-order valence-corrected chi connectivity index (χ3v) is 4.39. The maximum atomic E-state index is 12.2. The molecule has 1 amide bonds. The van der Waals surface area contributed by atoms with E-state index in [1.54, 1.807) is 0 Å². The number of halogens is 1. The summed E-state index contributed by atoms with van der Waals surface area (Å²) in [7, 11) is 0. The van der Waals surface area contributed by atoms with E-state index in [-0.39, 0.29) is 18.1 Å². The molecule has 4 nitrogen and oxygen atoms in total. The average molecular weight is 325 g/mol. The molecule has 0 radical (unpaired) electrons. The van der Waals surface area contributed by atoms with Crippen LogP contribution in [0.4, 0.5) is 0 Å². The lowest BCUT2D eigenvalue weighted by atomic mass is 10.1. The molecule has 0 bridgehead atoms. The summed E-state index contributed by atoms with van der Waals surface area (Å²) in [6, 6.07) is 9.61. The van der Waals surface area contributed by atoms with Crippen molar-refractivity contribution in [1.82, 2.24) is 4.90 Å². The first-order valence-corrected chi connectivity index (χ1v) is 8.26. The fourth-order valence-electron chi connectivity index (χ4n) is 2.28. The normalized spacial score (nSPS) is 21.9. The van der Waals surface area contributed by atoms with Gasteiger partial charge >= 0.3 is 0 Å². The average Bonchev–Trinajstić information content (AvgIpc) is 2.48. The van der Waals surface area contributed by atoms with Crippen molar-refractivity contribution in [3.63, 3.8) is 0 Å². The summed E-state index contributed by atoms with van der Waals surface area (Å²) in [5.74, 6) is 0.723. The molecule has 21 heavy (non-hydrogen) atoms. The maximum Gasteiger partial charge on any atom is 0.233 e. The second kappa shape index (κ2) is 7.69. The number of morpholine rings is 1. The Bertz CT molecular complexity index is 547. The highest BCUT2D eigenvalue weighted by Gasteiger charge is 2.30. The van der Waals surface area contributed by atoms with Crippen LogP contribution in [0.1, 0.15) is 18.6 Å². The Kier molecular flexibility index (Phi) is 5.92. The number of hydrogen-bond acceptors (Lipinski definition) is 4. The van der Waals surface area contributed by atoms with Crippen molar-refractivity contribution in [3.8, 4) is 6.07 Å². The van der Waals surface area contributed by atoms with Crippen LogP contribution in [0.15, 0.2) is 24.3 Å². The molecule has 1 heterocycles. The lowest BCUT2D eigenvalue weighted by molar-refractivity contribution is -0.141. The van der Waals surface area contributed by atoms with Crippen LogP contribution in [0, 0.1) is 11.3 Å². The van der Waals surface area contributed by atoms with Crippen LogP contribution < -0.4 is 0 Å². The molecule has 1 aliphatic heterocycles. The van der Waals surface area contributed by atoms with E-state index in [9.17, 15) is 4.79 Å². The number of thioether (sulfide) groups is 1. The Morgan fingerprint density at radius 1 is 1.62 bits per heavy atom. The van der Waals surface area contributed by atoms with Crippen LogP contribution in [0.3, 0.4) is 0 Å². The van der Waals surface area contributed by atoms with Crippen molar-refractivity contribution in [2.75, 3.05) is 24.7 Å². The molecule has 0 spiro atoms. The smallest absolute Gasteiger partial charge is 0.233 e. The minimum atomic E-state index is -0.148. The number of benzene rings is 1. The largest absolute Gasteiger partial charge is 0.370 e. The highest BCUT2D eigenvalue weighted by atomic mass is 35.5. The molecular formula is C15H17ClN2O2S. The first kappa shape index (κ1) is 16.2. The number of nitrogens with zero attached hydrogens (tertiary/aromatic N) is 2. The van der Waals surface area contributed by atoms with Gasteiger partial charge in [-0.1, -0.05) is 23.7 Å². The van der Waals surface area contributed by atoms with E-state index in [0.29, 0.717) is 29.7 Å². The Labute approximate surface area is 134 Å². The van der Waals surface area contributed by atoms with Gasteiger partial charge in [0.15, 0.2) is 0 Å². The fourth-order valence-corrected chi connectivity index (χ4v) is 3.01. The van der Waals surface area contributed by atoms with E-state index < -0.39 is 0 Å². The van der Waals surface area contributed by atoms with Gasteiger partial charge in [0, 0.05) is 5.02 Å². The Hall–Kier alpha value is -1.22. The monoisotopic (exact) mass is 324 g/mol. The molecule has 6 heteroatoms. The quantitative estimate of drug-likeness (QED) is 0.799. The van der Waals surface area contributed by atoms with E-state index in [1.807, 2.05) is 42.2 Å². The van der Waals surface area contributed by atoms with Gasteiger partial charge < -0.3 is 9.64 Å². The number of rotatable bonds is 4. The fraction of sp³-hybridized carbons (Fsp3) is 0.467. The van der Waals surface area contributed by atoms with Gasteiger partial charge in [0.25, 0.3) is 0 Å². The first-order valence-electron chi connectivity index (χ1n) is 6.73. The number of carbonyl (C=O) groups is 1. The minimum absolute atomic E-state index is 0.0515. The summed E-state index contributed by atoms with van der Waals surface area (Å²) in [6.45, 7) is 3.00. The molecule has 1 saturated heterocycles. The van der Waals surface area contributed by atoms with E-state index >= 15 is 0 Å². The Morgan fingerprint density at radius 3 is 3.14 bits per heavy atom. The maximum absolute atomic E-state index is 12.2. The predicted molar refractivity (Wildman–Crippen MR) is 84.3 cm³/mol. The number of amides is 1. The molecule has 0 aliphatic carbocycles. The molecule has 2 atom stereocenters. The van der Waals surface area contributed by atoms with Gasteiger partial charge in [0.05, 0.1) is 36.8 Å². The molecular weight excluding hydrogens is 308 g/mol. The SMILES string of the molecule is C[C@@H]1CO[C@H](c2cccc(Cl)c2)CN1C(=O)CSCC#N. The van der Waals surface area contributed by atoms with E-state index in [0.717, 1.165) is 5.56 Å². The van der Waals surface area contributed by atoms with Crippen molar-refractivity contribution < 1.29 is 9.53 Å². The summed E-state index contributed by atoms with van der Waals surface area (Å²) in [4.78, 5) is 14.1. The molecule has 0 unspecified atom stereocenters. The van der Waals surface area contributed by atoms with E-state index in [1.165, 1.54) is 11.8 Å². The van der Waals surface area contributed by atoms with Crippen molar-refractivity contribution in [3.05, 3.63) is 34.9 Å². The molecule has 1 fully saturated rings. The van der Waals surface area contributed by atoms with Crippen LogP contribution >= 0.6 is 23.4 Å². The first-order chi connectivity index (χ1) is 10.1. The van der Waals surface area contributed by atoms with Crippen LogP contribution in [0.5, 0.6) is 0 Å². The third kappa shape index (κ3) is 4.37. The number of carbonyl (C=O) groups excluding carboxylic acids is 1. The van der Waals surface area contributed by atoms with Gasteiger partial charge in [-0.25, -0.2) is 0 Å². The predicted octanol–water partition coefficient (Wildman–Crippen LogP) is 2.89. The Balaban J connectivity index is 2.02. The topological polar surface area (TPSA) is 53.3 Å². The summed E-state index contributed by atoms with van der Waals surface area (Å²) in [6.07, 6.45) is -0.148. The van der Waals surface area contributed by atoms with Gasteiger partial charge in [-0.3, -0.25) is 4.79 Å². The number of nitriles is 1.